The molecule has 0 aromatic rings. The van der Waals surface area contributed by atoms with Gasteiger partial charge in [-0.1, -0.05) is 27.0 Å². The van der Waals surface area contributed by atoms with Crippen LogP contribution in [0.2, 0.25) is 0 Å². The third kappa shape index (κ3) is 10.8. The highest BCUT2D eigenvalue weighted by molar-refractivity contribution is 5.26. The van der Waals surface area contributed by atoms with Crippen molar-refractivity contribution in [1.29, 1.82) is 0 Å². The summed E-state index contributed by atoms with van der Waals surface area (Å²) in [6, 6.07) is 0. The van der Waals surface area contributed by atoms with Crippen molar-refractivity contribution in [1.82, 2.24) is 0 Å². The van der Waals surface area contributed by atoms with Gasteiger partial charge in [0.05, 0.1) is 6.61 Å². The van der Waals surface area contributed by atoms with Crippen LogP contribution in [0, 0.1) is 0 Å². The van der Waals surface area contributed by atoms with Gasteiger partial charge in [0.2, 0.25) is 0 Å². The molecule has 0 atom stereocenters. The summed E-state index contributed by atoms with van der Waals surface area (Å²) in [5.41, 5.74) is 0.662. The summed E-state index contributed by atoms with van der Waals surface area (Å²) in [6.45, 7) is 13.3. The van der Waals surface area contributed by atoms with Crippen molar-refractivity contribution in [3.05, 3.63) is 36.4 Å². The van der Waals surface area contributed by atoms with E-state index in [1.165, 1.54) is 6.08 Å². The number of hydrogen-bond acceptors (Lipinski definition) is 2. The minimum absolute atomic E-state index is 0.377. The first kappa shape index (κ1) is 16.3. The lowest BCUT2D eigenvalue weighted by molar-refractivity contribution is 0.113. The molecule has 0 rings (SSSR count). The highest BCUT2D eigenvalue weighted by Crippen LogP contribution is 2.11. The van der Waals surface area contributed by atoms with Gasteiger partial charge in [-0.25, -0.2) is 4.39 Å². The van der Waals surface area contributed by atoms with Crippen molar-refractivity contribution in [2.75, 3.05) is 20.3 Å². The van der Waals surface area contributed by atoms with Gasteiger partial charge in [0.15, 0.2) is 0 Å². The summed E-state index contributed by atoms with van der Waals surface area (Å²) >= 11 is 0. The second kappa shape index (κ2) is 11.0. The fourth-order valence-corrected chi connectivity index (χ4v) is 0.665. The SMILES string of the molecule is C=C(F)/C=C(/OCCOC)C(=C)C.CC. The summed E-state index contributed by atoms with van der Waals surface area (Å²) in [5, 5.41) is 0. The maximum Gasteiger partial charge on any atom is 0.124 e. The van der Waals surface area contributed by atoms with Crippen LogP contribution in [0.5, 0.6) is 0 Å². The lowest BCUT2D eigenvalue weighted by Crippen LogP contribution is -2.02. The van der Waals surface area contributed by atoms with Gasteiger partial charge in [-0.2, -0.15) is 0 Å². The quantitative estimate of drug-likeness (QED) is 0.383. The van der Waals surface area contributed by atoms with Crippen molar-refractivity contribution in [3.63, 3.8) is 0 Å². The van der Waals surface area contributed by atoms with E-state index in [2.05, 4.69) is 13.2 Å². The Balaban J connectivity index is 0. The Morgan fingerprint density at radius 3 is 2.13 bits per heavy atom. The smallest absolute Gasteiger partial charge is 0.124 e. The van der Waals surface area contributed by atoms with Crippen molar-refractivity contribution in [3.8, 4) is 0 Å². The van der Waals surface area contributed by atoms with Crippen LogP contribution in [0.15, 0.2) is 36.4 Å². The molecule has 0 unspecified atom stereocenters. The Kier molecular flexibility index (Phi) is 12.0. The van der Waals surface area contributed by atoms with E-state index in [1.807, 2.05) is 13.8 Å². The zero-order valence-electron chi connectivity index (χ0n) is 10.1. The van der Waals surface area contributed by atoms with E-state index in [4.69, 9.17) is 9.47 Å². The molecular formula is C12H21FO2. The van der Waals surface area contributed by atoms with Crippen molar-refractivity contribution in [2.45, 2.75) is 20.8 Å². The van der Waals surface area contributed by atoms with Crippen molar-refractivity contribution >= 4 is 0 Å². The van der Waals surface area contributed by atoms with Crippen molar-refractivity contribution < 1.29 is 13.9 Å². The van der Waals surface area contributed by atoms with E-state index < -0.39 is 5.83 Å². The van der Waals surface area contributed by atoms with Gasteiger partial charge in [0.1, 0.15) is 18.2 Å². The van der Waals surface area contributed by atoms with Crippen LogP contribution in [0.25, 0.3) is 0 Å². The second-order valence-electron chi connectivity index (χ2n) is 2.58. The molecular weight excluding hydrogens is 195 g/mol. The first-order chi connectivity index (χ1) is 7.07. The zero-order valence-corrected chi connectivity index (χ0v) is 10.1. The van der Waals surface area contributed by atoms with Crippen LogP contribution in [0.1, 0.15) is 20.8 Å². The molecule has 0 aromatic heterocycles. The molecule has 0 saturated heterocycles. The number of allylic oxidation sites excluding steroid dienone is 3. The normalized spacial score (nSPS) is 10.1. The van der Waals surface area contributed by atoms with E-state index in [0.717, 1.165) is 0 Å². The summed E-state index contributed by atoms with van der Waals surface area (Å²) in [7, 11) is 1.57. The molecule has 0 amide bonds. The largest absolute Gasteiger partial charge is 0.491 e. The average Bonchev–Trinajstić information content (AvgIpc) is 2.19. The monoisotopic (exact) mass is 216 g/mol. The van der Waals surface area contributed by atoms with Crippen molar-refractivity contribution in [2.24, 2.45) is 0 Å². The number of rotatable bonds is 6. The van der Waals surface area contributed by atoms with Gasteiger partial charge in [0, 0.05) is 13.2 Å². The van der Waals surface area contributed by atoms with Crippen LogP contribution in [0.4, 0.5) is 4.39 Å². The molecule has 0 fully saturated rings. The van der Waals surface area contributed by atoms with E-state index in [0.29, 0.717) is 24.5 Å². The topological polar surface area (TPSA) is 18.5 Å². The molecule has 15 heavy (non-hydrogen) atoms. The molecule has 0 N–H and O–H groups in total. The molecule has 0 saturated carbocycles. The summed E-state index contributed by atoms with van der Waals surface area (Å²) < 4.78 is 22.4. The lowest BCUT2D eigenvalue weighted by Gasteiger charge is -2.08. The third-order valence-corrected chi connectivity index (χ3v) is 1.25. The average molecular weight is 216 g/mol. The Hall–Kier alpha value is -1.09. The molecule has 2 nitrogen and oxygen atoms in total. The molecule has 0 heterocycles. The summed E-state index contributed by atoms with van der Waals surface area (Å²) in [5.74, 6) is -0.139. The Bertz CT molecular complexity index is 220. The standard InChI is InChI=1S/C10H15FO2.C2H6/c1-8(2)10(7-9(3)11)13-6-5-12-4;1-2/h7H,1,3,5-6H2,2,4H3;1-2H3/b10-7+;. The van der Waals surface area contributed by atoms with Gasteiger partial charge in [-0.3, -0.25) is 0 Å². The Morgan fingerprint density at radius 2 is 1.80 bits per heavy atom. The van der Waals surface area contributed by atoms with E-state index in [9.17, 15) is 4.39 Å². The minimum Gasteiger partial charge on any atom is -0.491 e. The number of halogens is 1. The summed E-state index contributed by atoms with van der Waals surface area (Å²) in [6.07, 6.45) is 1.21. The molecule has 3 heteroatoms. The maximum atomic E-state index is 12.4. The van der Waals surface area contributed by atoms with Crippen LogP contribution < -0.4 is 0 Å². The lowest BCUT2D eigenvalue weighted by atomic mass is 10.2. The Labute approximate surface area is 92.1 Å². The second-order valence-corrected chi connectivity index (χ2v) is 2.58. The third-order valence-electron chi connectivity index (χ3n) is 1.25. The van der Waals surface area contributed by atoms with Gasteiger partial charge >= 0.3 is 0 Å². The van der Waals surface area contributed by atoms with E-state index >= 15 is 0 Å². The van der Waals surface area contributed by atoms with Gasteiger partial charge in [-0.15, -0.1) is 0 Å². The highest BCUT2D eigenvalue weighted by atomic mass is 19.1. The Morgan fingerprint density at radius 1 is 1.27 bits per heavy atom. The van der Waals surface area contributed by atoms with Crippen LogP contribution in [-0.4, -0.2) is 20.3 Å². The van der Waals surface area contributed by atoms with E-state index in [1.54, 1.807) is 14.0 Å². The van der Waals surface area contributed by atoms with Crippen LogP contribution in [-0.2, 0) is 9.47 Å². The number of methoxy groups -OCH3 is 1. The molecule has 0 spiro atoms. The highest BCUT2D eigenvalue weighted by Gasteiger charge is 1.99. The predicted octanol–water partition coefficient (Wildman–Crippen LogP) is 3.62. The van der Waals surface area contributed by atoms with Crippen LogP contribution >= 0.6 is 0 Å². The van der Waals surface area contributed by atoms with Gasteiger partial charge in [-0.05, 0) is 12.5 Å². The number of ether oxygens (including phenoxy) is 2. The molecule has 0 aliphatic carbocycles. The number of hydrogen-bond donors (Lipinski definition) is 0. The fourth-order valence-electron chi connectivity index (χ4n) is 0.665. The first-order valence-electron chi connectivity index (χ1n) is 4.91. The zero-order chi connectivity index (χ0) is 12.3. The molecule has 0 aromatic carbocycles. The van der Waals surface area contributed by atoms with Gasteiger partial charge in [0.25, 0.3) is 0 Å². The first-order valence-corrected chi connectivity index (χ1v) is 4.91. The van der Waals surface area contributed by atoms with Crippen LogP contribution in [0.3, 0.4) is 0 Å². The molecule has 0 bridgehead atoms. The molecule has 88 valence electrons. The van der Waals surface area contributed by atoms with Gasteiger partial charge < -0.3 is 9.47 Å². The predicted molar refractivity (Wildman–Crippen MR) is 62.3 cm³/mol. The molecule has 0 aliphatic rings. The fraction of sp³-hybridized carbons (Fsp3) is 0.500. The maximum absolute atomic E-state index is 12.4. The molecule has 0 radical (unpaired) electrons. The summed E-state index contributed by atoms with van der Waals surface area (Å²) in [4.78, 5) is 0. The van der Waals surface area contributed by atoms with E-state index in [-0.39, 0.29) is 0 Å². The molecule has 0 aliphatic heterocycles. The minimum atomic E-state index is -0.546.